The molecule has 2 saturated carbocycles. The highest BCUT2D eigenvalue weighted by molar-refractivity contribution is 9.10. The summed E-state index contributed by atoms with van der Waals surface area (Å²) in [5, 5.41) is 9.12. The largest absolute Gasteiger partial charge is 0.481 e. The number of carboxylic acid groups (broad SMARTS) is 1. The van der Waals surface area contributed by atoms with Crippen LogP contribution in [0.25, 0.3) is 0 Å². The molecule has 4 atom stereocenters. The Hall–Kier alpha value is -0.910. The van der Waals surface area contributed by atoms with E-state index in [0.717, 1.165) is 10.0 Å². The van der Waals surface area contributed by atoms with Gasteiger partial charge in [0.1, 0.15) is 0 Å². The van der Waals surface area contributed by atoms with Crippen LogP contribution in [0.1, 0.15) is 37.2 Å². The Kier molecular flexibility index (Phi) is 5.63. The third kappa shape index (κ3) is 4.19. The fraction of sp³-hybridized carbons (Fsp3) is 0.556. The predicted molar refractivity (Wildman–Crippen MR) is 94.1 cm³/mol. The zero-order chi connectivity index (χ0) is 17.3. The summed E-state index contributed by atoms with van der Waals surface area (Å²) in [5.74, 6) is -2.14. The first-order chi connectivity index (χ1) is 11.5. The molecular formula is C18H20BrClO4. The summed E-state index contributed by atoms with van der Waals surface area (Å²) in [5.41, 5.74) is 0.910. The summed E-state index contributed by atoms with van der Waals surface area (Å²) in [6.45, 7) is 0.693. The molecule has 0 bridgehead atoms. The second kappa shape index (κ2) is 7.54. The number of halogens is 2. The first kappa shape index (κ1) is 17.9. The average Bonchev–Trinajstić information content (AvgIpc) is 3.36. The molecule has 0 aromatic heterocycles. The van der Waals surface area contributed by atoms with Crippen LogP contribution in [-0.2, 0) is 14.3 Å². The predicted octanol–water partition coefficient (Wildman–Crippen LogP) is 4.20. The second-order valence-corrected chi connectivity index (χ2v) is 8.09. The SMILES string of the molecule is O=C(Cl)C1CC(OCC2CC2)CC(c2ccc(Br)cc2)C1C(=O)O. The summed E-state index contributed by atoms with van der Waals surface area (Å²) in [6, 6.07) is 7.59. The molecule has 0 saturated heterocycles. The second-order valence-electron chi connectivity index (χ2n) is 6.80. The lowest BCUT2D eigenvalue weighted by atomic mass is 9.68. The summed E-state index contributed by atoms with van der Waals surface area (Å²) in [7, 11) is 0. The molecule has 0 aliphatic heterocycles. The van der Waals surface area contributed by atoms with Gasteiger partial charge < -0.3 is 9.84 Å². The van der Waals surface area contributed by atoms with Gasteiger partial charge in [-0.1, -0.05) is 28.1 Å². The van der Waals surface area contributed by atoms with Crippen molar-refractivity contribution in [3.8, 4) is 0 Å². The zero-order valence-electron chi connectivity index (χ0n) is 13.2. The molecule has 1 aromatic carbocycles. The van der Waals surface area contributed by atoms with Crippen molar-refractivity contribution in [1.29, 1.82) is 0 Å². The van der Waals surface area contributed by atoms with E-state index < -0.39 is 23.0 Å². The quantitative estimate of drug-likeness (QED) is 0.707. The summed E-state index contributed by atoms with van der Waals surface area (Å²) in [6.07, 6.45) is 3.25. The van der Waals surface area contributed by atoms with Crippen LogP contribution in [0.3, 0.4) is 0 Å². The third-order valence-electron chi connectivity index (χ3n) is 5.04. The number of ether oxygens (including phenoxy) is 1. The standard InChI is InChI=1S/C18H20BrClO4/c19-12-5-3-11(4-6-12)14-7-13(24-9-10-1-2-10)8-15(17(20)21)16(14)18(22)23/h3-6,10,13-16H,1-2,7-9H2,(H,22,23). The van der Waals surface area contributed by atoms with Crippen LogP contribution in [0.5, 0.6) is 0 Å². The van der Waals surface area contributed by atoms with Crippen LogP contribution >= 0.6 is 27.5 Å². The van der Waals surface area contributed by atoms with Gasteiger partial charge in [-0.2, -0.15) is 0 Å². The van der Waals surface area contributed by atoms with Crippen molar-refractivity contribution < 1.29 is 19.4 Å². The minimum absolute atomic E-state index is 0.123. The first-order valence-corrected chi connectivity index (χ1v) is 9.42. The number of carbonyl (C=O) groups excluding carboxylic acids is 1. The molecule has 0 spiro atoms. The Morgan fingerprint density at radius 3 is 2.42 bits per heavy atom. The normalized spacial score (nSPS) is 30.1. The van der Waals surface area contributed by atoms with Gasteiger partial charge in [-0.3, -0.25) is 9.59 Å². The Bertz CT molecular complexity index is 614. The van der Waals surface area contributed by atoms with E-state index >= 15 is 0 Å². The van der Waals surface area contributed by atoms with Crippen molar-refractivity contribution in [3.05, 3.63) is 34.3 Å². The Labute approximate surface area is 154 Å². The topological polar surface area (TPSA) is 63.6 Å². The number of aliphatic carboxylic acids is 1. The smallest absolute Gasteiger partial charge is 0.307 e. The maximum atomic E-state index is 11.9. The van der Waals surface area contributed by atoms with Gasteiger partial charge in [-0.05, 0) is 60.9 Å². The summed E-state index contributed by atoms with van der Waals surface area (Å²) in [4.78, 5) is 23.7. The van der Waals surface area contributed by atoms with Crippen molar-refractivity contribution in [2.45, 2.75) is 37.7 Å². The van der Waals surface area contributed by atoms with Gasteiger partial charge in [0.2, 0.25) is 5.24 Å². The molecule has 24 heavy (non-hydrogen) atoms. The molecule has 1 N–H and O–H groups in total. The highest BCUT2D eigenvalue weighted by Crippen LogP contribution is 2.44. The Morgan fingerprint density at radius 2 is 1.88 bits per heavy atom. The summed E-state index contributed by atoms with van der Waals surface area (Å²) < 4.78 is 6.91. The lowest BCUT2D eigenvalue weighted by Gasteiger charge is -2.38. The van der Waals surface area contributed by atoms with Crippen LogP contribution in [0.2, 0.25) is 0 Å². The molecule has 2 aliphatic carbocycles. The molecule has 4 nitrogen and oxygen atoms in total. The highest BCUT2D eigenvalue weighted by Gasteiger charge is 2.46. The average molecular weight is 416 g/mol. The maximum absolute atomic E-state index is 11.9. The maximum Gasteiger partial charge on any atom is 0.307 e. The monoisotopic (exact) mass is 414 g/mol. The molecule has 6 heteroatoms. The first-order valence-electron chi connectivity index (χ1n) is 8.25. The van der Waals surface area contributed by atoms with E-state index in [4.69, 9.17) is 16.3 Å². The van der Waals surface area contributed by atoms with Crippen molar-refractivity contribution in [3.63, 3.8) is 0 Å². The van der Waals surface area contributed by atoms with Gasteiger partial charge in [0.15, 0.2) is 0 Å². The molecular weight excluding hydrogens is 396 g/mol. The van der Waals surface area contributed by atoms with Crippen molar-refractivity contribution in [1.82, 2.24) is 0 Å². The number of hydrogen-bond donors (Lipinski definition) is 1. The number of hydrogen-bond acceptors (Lipinski definition) is 3. The minimum Gasteiger partial charge on any atom is -0.481 e. The van der Waals surface area contributed by atoms with Crippen molar-refractivity contribution in [2.75, 3.05) is 6.61 Å². The van der Waals surface area contributed by atoms with Crippen LogP contribution in [0, 0.1) is 17.8 Å². The van der Waals surface area contributed by atoms with E-state index in [9.17, 15) is 14.7 Å². The summed E-state index contributed by atoms with van der Waals surface area (Å²) >= 11 is 9.14. The fourth-order valence-corrected chi connectivity index (χ4v) is 4.05. The molecule has 1 aromatic rings. The van der Waals surface area contributed by atoms with Crippen LogP contribution in [-0.4, -0.2) is 29.0 Å². The Balaban J connectivity index is 1.85. The Morgan fingerprint density at radius 1 is 1.21 bits per heavy atom. The molecule has 4 unspecified atom stereocenters. The van der Waals surface area contributed by atoms with Crippen molar-refractivity contribution in [2.24, 2.45) is 17.8 Å². The number of carboxylic acids is 1. The fourth-order valence-electron chi connectivity index (χ4n) is 3.56. The molecule has 0 amide bonds. The molecule has 0 heterocycles. The molecule has 3 rings (SSSR count). The van der Waals surface area contributed by atoms with E-state index in [1.807, 2.05) is 24.3 Å². The van der Waals surface area contributed by atoms with Crippen LogP contribution in [0.4, 0.5) is 0 Å². The number of benzene rings is 1. The van der Waals surface area contributed by atoms with Crippen LogP contribution in [0.15, 0.2) is 28.7 Å². The number of rotatable bonds is 6. The van der Waals surface area contributed by atoms with Gasteiger partial charge in [-0.15, -0.1) is 0 Å². The van der Waals surface area contributed by atoms with Gasteiger partial charge in [-0.25, -0.2) is 0 Å². The molecule has 0 radical (unpaired) electrons. The van der Waals surface area contributed by atoms with Gasteiger partial charge in [0.05, 0.1) is 12.0 Å². The molecule has 2 fully saturated rings. The van der Waals surface area contributed by atoms with Crippen LogP contribution < -0.4 is 0 Å². The van der Waals surface area contributed by atoms with E-state index in [1.165, 1.54) is 12.8 Å². The lowest BCUT2D eigenvalue weighted by Crippen LogP contribution is -2.42. The van der Waals surface area contributed by atoms with Gasteiger partial charge in [0.25, 0.3) is 0 Å². The zero-order valence-corrected chi connectivity index (χ0v) is 15.5. The van der Waals surface area contributed by atoms with E-state index in [1.54, 1.807) is 0 Å². The van der Waals surface area contributed by atoms with E-state index in [-0.39, 0.29) is 12.0 Å². The van der Waals surface area contributed by atoms with Gasteiger partial charge >= 0.3 is 5.97 Å². The lowest BCUT2D eigenvalue weighted by molar-refractivity contribution is -0.150. The third-order valence-corrected chi connectivity index (χ3v) is 5.85. The van der Waals surface area contributed by atoms with E-state index in [0.29, 0.717) is 25.4 Å². The number of carbonyl (C=O) groups is 2. The van der Waals surface area contributed by atoms with E-state index in [2.05, 4.69) is 15.9 Å². The molecule has 2 aliphatic rings. The van der Waals surface area contributed by atoms with Crippen molar-refractivity contribution >= 4 is 38.7 Å². The highest BCUT2D eigenvalue weighted by atomic mass is 79.9. The van der Waals surface area contributed by atoms with Gasteiger partial charge in [0, 0.05) is 22.9 Å². The minimum atomic E-state index is -0.970. The molecule has 130 valence electrons.